The van der Waals surface area contributed by atoms with Gasteiger partial charge in [-0.2, -0.15) is 5.10 Å². The molecule has 2 N–H and O–H groups in total. The molecule has 1 heterocycles. The van der Waals surface area contributed by atoms with Crippen molar-refractivity contribution < 1.29 is 0 Å². The van der Waals surface area contributed by atoms with Gasteiger partial charge in [0, 0.05) is 18.8 Å². The van der Waals surface area contributed by atoms with Crippen molar-refractivity contribution >= 4 is 11.6 Å². The molecule has 1 aromatic carbocycles. The van der Waals surface area contributed by atoms with Crippen molar-refractivity contribution in [3.05, 3.63) is 41.2 Å². The Morgan fingerprint density at radius 2 is 1.62 bits per heavy atom. The molecule has 1 aromatic heterocycles. The molecule has 5 nitrogen and oxygen atoms in total. The standard InChI is InChI=1S/C16H23N5/c1-4-14-15(5-2)19-20-16(18-14)21(6-3)11-12-7-9-13(17)10-8-12/h7-10H,4-6,11,17H2,1-3H3. The highest BCUT2D eigenvalue weighted by Gasteiger charge is 2.12. The van der Waals surface area contributed by atoms with E-state index in [9.17, 15) is 0 Å². The third-order valence-corrected chi connectivity index (χ3v) is 3.52. The number of hydrogen-bond acceptors (Lipinski definition) is 5. The van der Waals surface area contributed by atoms with Crippen LogP contribution in [-0.4, -0.2) is 21.7 Å². The number of nitrogens with zero attached hydrogens (tertiary/aromatic N) is 4. The molecule has 0 atom stereocenters. The third-order valence-electron chi connectivity index (χ3n) is 3.52. The first kappa shape index (κ1) is 15.2. The van der Waals surface area contributed by atoms with E-state index in [0.717, 1.165) is 43.0 Å². The lowest BCUT2D eigenvalue weighted by molar-refractivity contribution is 0.737. The predicted octanol–water partition coefficient (Wildman–Crippen LogP) is 2.61. The molecule has 0 amide bonds. The minimum Gasteiger partial charge on any atom is -0.399 e. The van der Waals surface area contributed by atoms with Gasteiger partial charge in [0.1, 0.15) is 0 Å². The Kier molecular flexibility index (Phi) is 5.09. The van der Waals surface area contributed by atoms with Crippen molar-refractivity contribution in [3.63, 3.8) is 0 Å². The summed E-state index contributed by atoms with van der Waals surface area (Å²) in [5, 5.41) is 8.60. The summed E-state index contributed by atoms with van der Waals surface area (Å²) in [6, 6.07) is 7.90. The normalized spacial score (nSPS) is 10.6. The molecular weight excluding hydrogens is 262 g/mol. The summed E-state index contributed by atoms with van der Waals surface area (Å²) in [7, 11) is 0. The van der Waals surface area contributed by atoms with Gasteiger partial charge < -0.3 is 10.6 Å². The highest BCUT2D eigenvalue weighted by atomic mass is 15.3. The summed E-state index contributed by atoms with van der Waals surface area (Å²) >= 11 is 0. The molecule has 2 rings (SSSR count). The van der Waals surface area contributed by atoms with Crippen LogP contribution in [0.2, 0.25) is 0 Å². The molecule has 0 saturated carbocycles. The molecular formula is C16H23N5. The zero-order valence-corrected chi connectivity index (χ0v) is 13.0. The fourth-order valence-corrected chi connectivity index (χ4v) is 2.23. The van der Waals surface area contributed by atoms with Crippen LogP contribution in [0.25, 0.3) is 0 Å². The SMILES string of the molecule is CCc1nnc(N(CC)Cc2ccc(N)cc2)nc1CC. The Morgan fingerprint density at radius 1 is 0.952 bits per heavy atom. The molecule has 5 heteroatoms. The quantitative estimate of drug-likeness (QED) is 0.826. The van der Waals surface area contributed by atoms with Crippen LogP contribution >= 0.6 is 0 Å². The van der Waals surface area contributed by atoms with E-state index in [1.165, 1.54) is 5.56 Å². The van der Waals surface area contributed by atoms with E-state index in [2.05, 4.69) is 40.9 Å². The maximum absolute atomic E-state index is 5.72. The molecule has 2 aromatic rings. The molecule has 0 spiro atoms. The van der Waals surface area contributed by atoms with E-state index in [1.807, 2.05) is 24.3 Å². The monoisotopic (exact) mass is 285 g/mol. The Labute approximate surface area is 126 Å². The number of hydrogen-bond donors (Lipinski definition) is 1. The molecule has 0 saturated heterocycles. The minimum absolute atomic E-state index is 0.698. The first-order valence-corrected chi connectivity index (χ1v) is 7.49. The third kappa shape index (κ3) is 3.68. The molecule has 0 unspecified atom stereocenters. The van der Waals surface area contributed by atoms with Crippen LogP contribution in [0.5, 0.6) is 0 Å². The lowest BCUT2D eigenvalue weighted by Crippen LogP contribution is -2.25. The van der Waals surface area contributed by atoms with Crippen LogP contribution < -0.4 is 10.6 Å². The smallest absolute Gasteiger partial charge is 0.245 e. The topological polar surface area (TPSA) is 67.9 Å². The predicted molar refractivity (Wildman–Crippen MR) is 86.2 cm³/mol. The minimum atomic E-state index is 0.698. The second-order valence-electron chi connectivity index (χ2n) is 4.97. The first-order valence-electron chi connectivity index (χ1n) is 7.49. The Morgan fingerprint density at radius 3 is 2.19 bits per heavy atom. The summed E-state index contributed by atoms with van der Waals surface area (Å²) in [6.45, 7) is 7.87. The van der Waals surface area contributed by atoms with E-state index in [1.54, 1.807) is 0 Å². The van der Waals surface area contributed by atoms with Crippen LogP contribution in [-0.2, 0) is 19.4 Å². The van der Waals surface area contributed by atoms with Gasteiger partial charge >= 0.3 is 0 Å². The van der Waals surface area contributed by atoms with Crippen molar-refractivity contribution in [1.29, 1.82) is 0 Å². The van der Waals surface area contributed by atoms with Gasteiger partial charge in [0.05, 0.1) is 11.4 Å². The van der Waals surface area contributed by atoms with Gasteiger partial charge in [0.15, 0.2) is 0 Å². The molecule has 21 heavy (non-hydrogen) atoms. The van der Waals surface area contributed by atoms with Crippen LogP contribution in [0.15, 0.2) is 24.3 Å². The lowest BCUT2D eigenvalue weighted by Gasteiger charge is -2.21. The van der Waals surface area contributed by atoms with Crippen LogP contribution in [0.3, 0.4) is 0 Å². The fraction of sp³-hybridized carbons (Fsp3) is 0.438. The maximum Gasteiger partial charge on any atom is 0.245 e. The lowest BCUT2D eigenvalue weighted by atomic mass is 10.2. The summed E-state index contributed by atoms with van der Waals surface area (Å²) in [4.78, 5) is 6.80. The van der Waals surface area contributed by atoms with Crippen LogP contribution in [0.4, 0.5) is 11.6 Å². The zero-order valence-electron chi connectivity index (χ0n) is 13.0. The molecule has 0 aliphatic carbocycles. The van der Waals surface area contributed by atoms with Gasteiger partial charge in [-0.3, -0.25) is 0 Å². The van der Waals surface area contributed by atoms with Gasteiger partial charge in [0.2, 0.25) is 5.95 Å². The van der Waals surface area contributed by atoms with Gasteiger partial charge in [0.25, 0.3) is 0 Å². The van der Waals surface area contributed by atoms with E-state index in [-0.39, 0.29) is 0 Å². The van der Waals surface area contributed by atoms with E-state index in [0.29, 0.717) is 5.95 Å². The molecule has 0 bridgehead atoms. The van der Waals surface area contributed by atoms with E-state index < -0.39 is 0 Å². The zero-order chi connectivity index (χ0) is 15.2. The molecule has 0 radical (unpaired) electrons. The second-order valence-corrected chi connectivity index (χ2v) is 4.97. The molecule has 112 valence electrons. The highest BCUT2D eigenvalue weighted by molar-refractivity contribution is 5.41. The van der Waals surface area contributed by atoms with Gasteiger partial charge in [-0.1, -0.05) is 26.0 Å². The second kappa shape index (κ2) is 7.02. The Balaban J connectivity index is 2.22. The van der Waals surface area contributed by atoms with Crippen molar-refractivity contribution in [2.45, 2.75) is 40.2 Å². The van der Waals surface area contributed by atoms with Crippen molar-refractivity contribution in [2.75, 3.05) is 17.2 Å². The summed E-state index contributed by atoms with van der Waals surface area (Å²) in [5.74, 6) is 0.698. The maximum atomic E-state index is 5.72. The summed E-state index contributed by atoms with van der Waals surface area (Å²) in [5.41, 5.74) is 9.72. The molecule has 0 aliphatic rings. The number of benzene rings is 1. The van der Waals surface area contributed by atoms with Gasteiger partial charge in [-0.15, -0.1) is 5.10 Å². The average Bonchev–Trinajstić information content (AvgIpc) is 2.53. The van der Waals surface area contributed by atoms with Gasteiger partial charge in [-0.25, -0.2) is 4.98 Å². The average molecular weight is 285 g/mol. The highest BCUT2D eigenvalue weighted by Crippen LogP contribution is 2.15. The summed E-state index contributed by atoms with van der Waals surface area (Å²) < 4.78 is 0. The Hall–Kier alpha value is -2.17. The number of aryl methyl sites for hydroxylation is 2. The largest absolute Gasteiger partial charge is 0.399 e. The number of rotatable bonds is 6. The van der Waals surface area contributed by atoms with Crippen LogP contribution in [0.1, 0.15) is 37.7 Å². The van der Waals surface area contributed by atoms with E-state index in [4.69, 9.17) is 5.73 Å². The fourth-order valence-electron chi connectivity index (χ4n) is 2.23. The van der Waals surface area contributed by atoms with Crippen molar-refractivity contribution in [3.8, 4) is 0 Å². The number of anilines is 2. The van der Waals surface area contributed by atoms with Crippen molar-refractivity contribution in [1.82, 2.24) is 15.2 Å². The van der Waals surface area contributed by atoms with E-state index >= 15 is 0 Å². The number of aromatic nitrogens is 3. The number of nitrogens with two attached hydrogens (primary N) is 1. The number of nitrogen functional groups attached to an aromatic ring is 1. The first-order chi connectivity index (χ1) is 10.2. The molecule has 0 fully saturated rings. The van der Waals surface area contributed by atoms with Crippen LogP contribution in [0, 0.1) is 0 Å². The molecule has 0 aliphatic heterocycles. The Bertz CT molecular complexity index is 580. The van der Waals surface area contributed by atoms with Gasteiger partial charge in [-0.05, 0) is 37.5 Å². The summed E-state index contributed by atoms with van der Waals surface area (Å²) in [6.07, 6.45) is 1.75. The van der Waals surface area contributed by atoms with Crippen molar-refractivity contribution in [2.24, 2.45) is 0 Å².